The minimum absolute atomic E-state index is 0.0757. The number of hydrogen-bond acceptors (Lipinski definition) is 6. The van der Waals surface area contributed by atoms with Gasteiger partial charge in [0.2, 0.25) is 0 Å². The number of hydrogen-bond donors (Lipinski definition) is 0. The third-order valence-corrected chi connectivity index (χ3v) is 14.6. The van der Waals surface area contributed by atoms with E-state index in [1.807, 2.05) is 0 Å². The van der Waals surface area contributed by atoms with Crippen LogP contribution in [-0.2, 0) is 28.6 Å². The first-order valence-corrected chi connectivity index (χ1v) is 32.6. The first-order chi connectivity index (χ1) is 36.5. The molecule has 0 bridgehead atoms. The van der Waals surface area contributed by atoms with Crippen LogP contribution < -0.4 is 0 Å². The van der Waals surface area contributed by atoms with Gasteiger partial charge in [-0.15, -0.1) is 0 Å². The number of ether oxygens (including phenoxy) is 3. The number of rotatable bonds is 60. The Morgan fingerprint density at radius 1 is 0.270 bits per heavy atom. The Morgan fingerprint density at radius 2 is 0.486 bits per heavy atom. The molecule has 0 aromatic rings. The summed E-state index contributed by atoms with van der Waals surface area (Å²) in [6.45, 7) is 6.63. The Hall–Kier alpha value is -2.63. The van der Waals surface area contributed by atoms with Gasteiger partial charge in [0.25, 0.3) is 0 Å². The standard InChI is InChI=1S/C68H124O6/c1-4-7-10-13-16-19-22-25-28-30-32-33-34-36-37-40-43-46-49-52-55-58-61-67(70)73-64-65(63-72-66(69)60-57-54-51-48-45-42-39-27-24-21-18-15-12-9-6-3)74-68(71)62-59-56-53-50-47-44-41-38-35-31-29-26-23-20-17-14-11-8-5-2/h17-18,20-21,26-27,29,39,65H,4-16,19,22-25,28,30-38,40-64H2,1-3H3/b20-17-,21-18-,29-26-,39-27-. The summed E-state index contributed by atoms with van der Waals surface area (Å²) in [5.74, 6) is -0.873. The van der Waals surface area contributed by atoms with Gasteiger partial charge in [0.15, 0.2) is 6.10 Å². The van der Waals surface area contributed by atoms with Crippen molar-refractivity contribution in [3.8, 4) is 0 Å². The largest absolute Gasteiger partial charge is 0.462 e. The normalized spacial score (nSPS) is 12.3. The molecule has 0 spiro atoms. The van der Waals surface area contributed by atoms with Gasteiger partial charge in [-0.2, -0.15) is 0 Å². The summed E-state index contributed by atoms with van der Waals surface area (Å²) < 4.78 is 16.9. The highest BCUT2D eigenvalue weighted by molar-refractivity contribution is 5.71. The molecule has 0 aliphatic heterocycles. The first kappa shape index (κ1) is 71.4. The van der Waals surface area contributed by atoms with Crippen molar-refractivity contribution in [3.63, 3.8) is 0 Å². The highest BCUT2D eigenvalue weighted by atomic mass is 16.6. The average molecular weight is 1040 g/mol. The molecule has 0 amide bonds. The van der Waals surface area contributed by atoms with Crippen LogP contribution in [-0.4, -0.2) is 37.2 Å². The quantitative estimate of drug-likeness (QED) is 0.0261. The molecule has 6 nitrogen and oxygen atoms in total. The van der Waals surface area contributed by atoms with Gasteiger partial charge in [-0.25, -0.2) is 0 Å². The van der Waals surface area contributed by atoms with Gasteiger partial charge in [-0.3, -0.25) is 14.4 Å². The van der Waals surface area contributed by atoms with Gasteiger partial charge in [0.05, 0.1) is 0 Å². The molecule has 0 saturated heterocycles. The van der Waals surface area contributed by atoms with Crippen molar-refractivity contribution in [1.82, 2.24) is 0 Å². The summed E-state index contributed by atoms with van der Waals surface area (Å²) in [6, 6.07) is 0. The molecule has 0 aromatic carbocycles. The zero-order chi connectivity index (χ0) is 53.6. The molecule has 0 heterocycles. The van der Waals surface area contributed by atoms with Crippen molar-refractivity contribution in [2.45, 2.75) is 354 Å². The van der Waals surface area contributed by atoms with Crippen molar-refractivity contribution in [2.24, 2.45) is 0 Å². The van der Waals surface area contributed by atoms with Gasteiger partial charge in [-0.05, 0) is 83.5 Å². The maximum Gasteiger partial charge on any atom is 0.306 e. The molecule has 1 unspecified atom stereocenters. The first-order valence-electron chi connectivity index (χ1n) is 32.6. The smallest absolute Gasteiger partial charge is 0.306 e. The minimum atomic E-state index is -0.780. The Bertz CT molecular complexity index is 1280. The van der Waals surface area contributed by atoms with Crippen LogP contribution in [0, 0.1) is 0 Å². The average Bonchev–Trinajstić information content (AvgIpc) is 3.40. The summed E-state index contributed by atoms with van der Waals surface area (Å²) in [7, 11) is 0. The molecule has 0 aromatic heterocycles. The van der Waals surface area contributed by atoms with Crippen molar-refractivity contribution in [2.75, 3.05) is 13.2 Å². The topological polar surface area (TPSA) is 78.9 Å². The summed E-state index contributed by atoms with van der Waals surface area (Å²) in [5.41, 5.74) is 0. The fourth-order valence-electron chi connectivity index (χ4n) is 9.62. The van der Waals surface area contributed by atoms with E-state index in [0.717, 1.165) is 83.5 Å². The lowest BCUT2D eigenvalue weighted by Crippen LogP contribution is -2.30. The highest BCUT2D eigenvalue weighted by Crippen LogP contribution is 2.17. The van der Waals surface area contributed by atoms with Crippen LogP contribution in [0.3, 0.4) is 0 Å². The Balaban J connectivity index is 4.32. The van der Waals surface area contributed by atoms with E-state index in [4.69, 9.17) is 14.2 Å². The van der Waals surface area contributed by atoms with E-state index >= 15 is 0 Å². The maximum absolute atomic E-state index is 12.9. The van der Waals surface area contributed by atoms with Crippen LogP contribution in [0.4, 0.5) is 0 Å². The Kier molecular flexibility index (Phi) is 60.7. The molecule has 432 valence electrons. The van der Waals surface area contributed by atoms with E-state index in [2.05, 4.69) is 69.4 Å². The molecule has 0 N–H and O–H groups in total. The van der Waals surface area contributed by atoms with Gasteiger partial charge in [0, 0.05) is 19.3 Å². The monoisotopic (exact) mass is 1040 g/mol. The fraction of sp³-hybridized carbons (Fsp3) is 0.838. The predicted molar refractivity (Wildman–Crippen MR) is 321 cm³/mol. The molecule has 0 fully saturated rings. The van der Waals surface area contributed by atoms with E-state index in [0.29, 0.717) is 19.3 Å². The second-order valence-corrected chi connectivity index (χ2v) is 22.0. The Labute approximate surface area is 460 Å². The van der Waals surface area contributed by atoms with E-state index in [-0.39, 0.29) is 31.1 Å². The van der Waals surface area contributed by atoms with Crippen molar-refractivity contribution >= 4 is 17.9 Å². The molecule has 0 rings (SSSR count). The van der Waals surface area contributed by atoms with E-state index in [1.165, 1.54) is 225 Å². The zero-order valence-electron chi connectivity index (χ0n) is 49.6. The molecule has 0 aliphatic rings. The summed E-state index contributed by atoms with van der Waals surface area (Å²) in [4.78, 5) is 38.3. The molecular formula is C68H124O6. The third-order valence-electron chi connectivity index (χ3n) is 14.6. The van der Waals surface area contributed by atoms with Crippen LogP contribution in [0.15, 0.2) is 48.6 Å². The lowest BCUT2D eigenvalue weighted by molar-refractivity contribution is -0.167. The van der Waals surface area contributed by atoms with Crippen LogP contribution in [0.2, 0.25) is 0 Å². The zero-order valence-corrected chi connectivity index (χ0v) is 49.6. The van der Waals surface area contributed by atoms with Crippen molar-refractivity contribution in [3.05, 3.63) is 48.6 Å². The predicted octanol–water partition coefficient (Wildman–Crippen LogP) is 22.2. The summed E-state index contributed by atoms with van der Waals surface area (Å²) >= 11 is 0. The van der Waals surface area contributed by atoms with Gasteiger partial charge in [0.1, 0.15) is 13.2 Å². The fourth-order valence-corrected chi connectivity index (χ4v) is 9.62. The number of carbonyl (C=O) groups excluding carboxylic acids is 3. The minimum Gasteiger partial charge on any atom is -0.462 e. The van der Waals surface area contributed by atoms with Gasteiger partial charge in [-0.1, -0.05) is 294 Å². The number of carbonyl (C=O) groups is 3. The van der Waals surface area contributed by atoms with E-state index < -0.39 is 6.10 Å². The van der Waals surface area contributed by atoms with Crippen LogP contribution in [0.5, 0.6) is 0 Å². The second kappa shape index (κ2) is 62.9. The molecule has 0 saturated carbocycles. The van der Waals surface area contributed by atoms with Crippen LogP contribution >= 0.6 is 0 Å². The number of unbranched alkanes of at least 4 members (excludes halogenated alkanes) is 41. The van der Waals surface area contributed by atoms with Crippen molar-refractivity contribution < 1.29 is 28.6 Å². The van der Waals surface area contributed by atoms with E-state index in [1.54, 1.807) is 0 Å². The number of allylic oxidation sites excluding steroid dienone is 8. The summed E-state index contributed by atoms with van der Waals surface area (Å²) in [5, 5.41) is 0. The van der Waals surface area contributed by atoms with Gasteiger partial charge >= 0.3 is 17.9 Å². The molecule has 74 heavy (non-hydrogen) atoms. The third kappa shape index (κ3) is 60.2. The molecule has 0 radical (unpaired) electrons. The lowest BCUT2D eigenvalue weighted by atomic mass is 10.0. The van der Waals surface area contributed by atoms with Crippen molar-refractivity contribution in [1.29, 1.82) is 0 Å². The molecule has 1 atom stereocenters. The molecule has 6 heteroatoms. The molecular weight excluding hydrogens is 913 g/mol. The second-order valence-electron chi connectivity index (χ2n) is 22.0. The lowest BCUT2D eigenvalue weighted by Gasteiger charge is -2.18. The maximum atomic E-state index is 12.9. The molecule has 0 aliphatic carbocycles. The van der Waals surface area contributed by atoms with E-state index in [9.17, 15) is 14.4 Å². The van der Waals surface area contributed by atoms with Crippen LogP contribution in [0.1, 0.15) is 348 Å². The highest BCUT2D eigenvalue weighted by Gasteiger charge is 2.19. The number of esters is 3. The summed E-state index contributed by atoms with van der Waals surface area (Å²) in [6.07, 6.45) is 78.3. The van der Waals surface area contributed by atoms with Gasteiger partial charge < -0.3 is 14.2 Å². The Morgan fingerprint density at radius 3 is 0.770 bits per heavy atom. The SMILES string of the molecule is CCCCC/C=C\C/C=C\CCCCCCCCCCCC(=O)OC(COC(=O)CCCCCCC/C=C\C/C=C\CCCCC)COC(=O)CCCCCCCCCCCCCCCCCCCCCCCC. The van der Waals surface area contributed by atoms with Crippen LogP contribution in [0.25, 0.3) is 0 Å².